The number of hydrogen-bond donors (Lipinski definition) is 2. The maximum Gasteiger partial charge on any atom is 0.0928 e. The van der Waals surface area contributed by atoms with Gasteiger partial charge >= 0.3 is 0 Å². The van der Waals surface area contributed by atoms with E-state index in [1.54, 1.807) is 0 Å². The van der Waals surface area contributed by atoms with Crippen LogP contribution in [-0.4, -0.2) is 22.2 Å². The Hall–Kier alpha value is -0.450. The third-order valence-electron chi connectivity index (χ3n) is 4.76. The third kappa shape index (κ3) is 3.07. The highest BCUT2D eigenvalue weighted by Crippen LogP contribution is 2.35. The number of nitrogens with one attached hydrogen (secondary N) is 1. The van der Waals surface area contributed by atoms with Crippen LogP contribution in [0.5, 0.6) is 0 Å². The Morgan fingerprint density at radius 1 is 1.30 bits per heavy atom. The molecule has 1 fully saturated rings. The minimum Gasteiger partial charge on any atom is -0.389 e. The van der Waals surface area contributed by atoms with Crippen LogP contribution in [-0.2, 0) is 12.8 Å². The zero-order valence-electron chi connectivity index (χ0n) is 12.5. The summed E-state index contributed by atoms with van der Waals surface area (Å²) in [6, 6.07) is 0.419. The van der Waals surface area contributed by atoms with Gasteiger partial charge in [0.2, 0.25) is 0 Å². The first-order chi connectivity index (χ1) is 9.70. The van der Waals surface area contributed by atoms with Gasteiger partial charge in [0.1, 0.15) is 0 Å². The van der Waals surface area contributed by atoms with Crippen LogP contribution in [0.2, 0.25) is 0 Å². The summed E-state index contributed by atoms with van der Waals surface area (Å²) in [5.41, 5.74) is 0.847. The van der Waals surface area contributed by atoms with Gasteiger partial charge in [-0.25, -0.2) is 4.98 Å². The number of hydrogen-bond acceptors (Lipinski definition) is 4. The van der Waals surface area contributed by atoms with Crippen molar-refractivity contribution in [3.63, 3.8) is 0 Å². The van der Waals surface area contributed by atoms with Crippen molar-refractivity contribution in [1.82, 2.24) is 10.3 Å². The van der Waals surface area contributed by atoms with E-state index in [4.69, 9.17) is 4.98 Å². The maximum atomic E-state index is 10.6. The molecular weight excluding hydrogens is 268 g/mol. The highest BCUT2D eigenvalue weighted by Gasteiger charge is 2.31. The summed E-state index contributed by atoms with van der Waals surface area (Å²) in [7, 11) is 0. The minimum atomic E-state index is -0.464. The van der Waals surface area contributed by atoms with E-state index in [9.17, 15) is 5.11 Å². The van der Waals surface area contributed by atoms with Gasteiger partial charge in [-0.1, -0.05) is 26.2 Å². The largest absolute Gasteiger partial charge is 0.389 e. The molecule has 1 aromatic heterocycles. The molecule has 1 aromatic rings. The van der Waals surface area contributed by atoms with Crippen molar-refractivity contribution in [2.24, 2.45) is 0 Å². The smallest absolute Gasteiger partial charge is 0.0928 e. The zero-order valence-corrected chi connectivity index (χ0v) is 13.3. The van der Waals surface area contributed by atoms with Gasteiger partial charge in [-0.05, 0) is 38.5 Å². The molecule has 0 spiro atoms. The molecule has 1 unspecified atom stereocenters. The molecule has 2 N–H and O–H groups in total. The average Bonchev–Trinajstić information content (AvgIpc) is 2.89. The number of aromatic nitrogens is 1. The maximum absolute atomic E-state index is 10.6. The molecule has 0 saturated heterocycles. The van der Waals surface area contributed by atoms with Gasteiger partial charge in [-0.15, -0.1) is 11.3 Å². The molecule has 2 aliphatic carbocycles. The molecule has 1 heterocycles. The van der Waals surface area contributed by atoms with E-state index in [0.717, 1.165) is 32.2 Å². The first kappa shape index (κ1) is 14.5. The lowest BCUT2D eigenvalue weighted by atomic mass is 9.84. The standard InChI is InChI=1S/C16H26N2OS/c1-2-14-18-13-8-6-7-12(15(13)20-14)17-11-16(19)9-4-3-5-10-16/h12,17,19H,2-11H2,1H3. The van der Waals surface area contributed by atoms with E-state index in [2.05, 4.69) is 12.2 Å². The number of nitrogens with zero attached hydrogens (tertiary/aromatic N) is 1. The SMILES string of the molecule is CCc1nc2c(s1)C(NCC1(O)CCCCC1)CCC2. The molecule has 0 aromatic carbocycles. The van der Waals surface area contributed by atoms with Crippen LogP contribution in [0.25, 0.3) is 0 Å². The summed E-state index contributed by atoms with van der Waals surface area (Å²) in [5.74, 6) is 0. The predicted molar refractivity (Wildman–Crippen MR) is 83.2 cm³/mol. The van der Waals surface area contributed by atoms with E-state index in [1.807, 2.05) is 11.3 Å². The van der Waals surface area contributed by atoms with Crippen LogP contribution >= 0.6 is 11.3 Å². The molecule has 1 saturated carbocycles. The predicted octanol–water partition coefficient (Wildman–Crippen LogP) is 3.37. The highest BCUT2D eigenvalue weighted by atomic mass is 32.1. The number of rotatable bonds is 4. The fourth-order valence-electron chi connectivity index (χ4n) is 3.52. The van der Waals surface area contributed by atoms with Crippen molar-refractivity contribution < 1.29 is 5.11 Å². The van der Waals surface area contributed by atoms with Gasteiger partial charge in [0.25, 0.3) is 0 Å². The second kappa shape index (κ2) is 6.12. The lowest BCUT2D eigenvalue weighted by Gasteiger charge is -2.34. The Kier molecular flexibility index (Phi) is 4.43. The van der Waals surface area contributed by atoms with Crippen molar-refractivity contribution in [3.8, 4) is 0 Å². The van der Waals surface area contributed by atoms with Crippen LogP contribution in [0.3, 0.4) is 0 Å². The quantitative estimate of drug-likeness (QED) is 0.895. The summed E-state index contributed by atoms with van der Waals surface area (Å²) in [6.45, 7) is 2.92. The molecule has 0 bridgehead atoms. The molecular formula is C16H26N2OS. The van der Waals surface area contributed by atoms with Gasteiger partial charge < -0.3 is 10.4 Å². The molecule has 3 rings (SSSR count). The summed E-state index contributed by atoms with van der Waals surface area (Å²) in [6.07, 6.45) is 10.1. The summed E-state index contributed by atoms with van der Waals surface area (Å²) in [5, 5.41) is 15.5. The normalized spacial score (nSPS) is 25.4. The Labute approximate surface area is 125 Å². The van der Waals surface area contributed by atoms with E-state index < -0.39 is 5.60 Å². The van der Waals surface area contributed by atoms with Crippen LogP contribution in [0.4, 0.5) is 0 Å². The van der Waals surface area contributed by atoms with Crippen LogP contribution in [0, 0.1) is 0 Å². The molecule has 20 heavy (non-hydrogen) atoms. The number of fused-ring (bicyclic) bond motifs is 1. The second-order valence-electron chi connectivity index (χ2n) is 6.38. The molecule has 0 aliphatic heterocycles. The fourth-order valence-corrected chi connectivity index (χ4v) is 4.68. The fraction of sp³-hybridized carbons (Fsp3) is 0.812. The van der Waals surface area contributed by atoms with Crippen LogP contribution in [0.1, 0.15) is 73.5 Å². The van der Waals surface area contributed by atoms with Crippen LogP contribution in [0.15, 0.2) is 0 Å². The van der Waals surface area contributed by atoms with Crippen LogP contribution < -0.4 is 5.32 Å². The summed E-state index contributed by atoms with van der Waals surface area (Å²) in [4.78, 5) is 6.19. The highest BCUT2D eigenvalue weighted by molar-refractivity contribution is 7.11. The Morgan fingerprint density at radius 3 is 2.85 bits per heavy atom. The summed E-state index contributed by atoms with van der Waals surface area (Å²) >= 11 is 1.87. The molecule has 2 aliphatic rings. The van der Waals surface area contributed by atoms with E-state index in [-0.39, 0.29) is 0 Å². The van der Waals surface area contributed by atoms with Gasteiger partial charge in [-0.2, -0.15) is 0 Å². The molecule has 112 valence electrons. The Bertz CT molecular complexity index is 451. The van der Waals surface area contributed by atoms with Crippen molar-refractivity contribution in [2.45, 2.75) is 76.4 Å². The van der Waals surface area contributed by atoms with Gasteiger partial charge in [0, 0.05) is 17.5 Å². The Balaban J connectivity index is 1.65. The first-order valence-electron chi connectivity index (χ1n) is 8.14. The molecule has 1 atom stereocenters. The topological polar surface area (TPSA) is 45.2 Å². The van der Waals surface area contributed by atoms with Crippen molar-refractivity contribution in [1.29, 1.82) is 0 Å². The molecule has 4 heteroatoms. The van der Waals surface area contributed by atoms with E-state index in [0.29, 0.717) is 6.04 Å². The van der Waals surface area contributed by atoms with Gasteiger partial charge in [0.15, 0.2) is 0 Å². The Morgan fingerprint density at radius 2 is 2.10 bits per heavy atom. The molecule has 0 radical (unpaired) electrons. The monoisotopic (exact) mass is 294 g/mol. The van der Waals surface area contributed by atoms with E-state index in [1.165, 1.54) is 47.7 Å². The molecule has 0 amide bonds. The average molecular weight is 294 g/mol. The number of aryl methyl sites for hydroxylation is 2. The lowest BCUT2D eigenvalue weighted by molar-refractivity contribution is 0.00223. The minimum absolute atomic E-state index is 0.419. The lowest BCUT2D eigenvalue weighted by Crippen LogP contribution is -2.43. The van der Waals surface area contributed by atoms with Crippen molar-refractivity contribution in [2.75, 3.05) is 6.54 Å². The zero-order chi connectivity index (χ0) is 14.0. The second-order valence-corrected chi connectivity index (χ2v) is 7.50. The van der Waals surface area contributed by atoms with E-state index >= 15 is 0 Å². The number of thiazole rings is 1. The molecule has 3 nitrogen and oxygen atoms in total. The van der Waals surface area contributed by atoms with Gasteiger partial charge in [-0.3, -0.25) is 0 Å². The number of aliphatic hydroxyl groups is 1. The van der Waals surface area contributed by atoms with Crippen molar-refractivity contribution in [3.05, 3.63) is 15.6 Å². The first-order valence-corrected chi connectivity index (χ1v) is 8.96. The summed E-state index contributed by atoms with van der Waals surface area (Å²) < 4.78 is 0. The van der Waals surface area contributed by atoms with Gasteiger partial charge in [0.05, 0.1) is 16.3 Å². The third-order valence-corrected chi connectivity index (χ3v) is 6.11. The van der Waals surface area contributed by atoms with Crippen molar-refractivity contribution >= 4 is 11.3 Å².